The lowest BCUT2D eigenvalue weighted by atomic mass is 10.2. The van der Waals surface area contributed by atoms with Crippen molar-refractivity contribution in [3.63, 3.8) is 0 Å². The van der Waals surface area contributed by atoms with Gasteiger partial charge in [-0.2, -0.15) is 18.3 Å². The van der Waals surface area contributed by atoms with Gasteiger partial charge >= 0.3 is 6.18 Å². The van der Waals surface area contributed by atoms with Gasteiger partial charge in [0.05, 0.1) is 37.7 Å². The van der Waals surface area contributed by atoms with Crippen LogP contribution in [0.2, 0.25) is 0 Å². The maximum absolute atomic E-state index is 13.0. The number of hydrogen-bond donors (Lipinski definition) is 2. The Kier molecular flexibility index (Phi) is 7.21. The molecule has 0 fully saturated rings. The second-order valence-electron chi connectivity index (χ2n) is 6.73. The van der Waals surface area contributed by atoms with Gasteiger partial charge in [-0.3, -0.25) is 9.59 Å². The van der Waals surface area contributed by atoms with Crippen molar-refractivity contribution in [2.75, 3.05) is 25.6 Å². The first-order valence-corrected chi connectivity index (χ1v) is 9.83. The van der Waals surface area contributed by atoms with E-state index in [1.807, 2.05) is 6.92 Å². The van der Waals surface area contributed by atoms with E-state index in [-0.39, 0.29) is 23.7 Å². The van der Waals surface area contributed by atoms with E-state index in [9.17, 15) is 22.8 Å². The van der Waals surface area contributed by atoms with Gasteiger partial charge in [0, 0.05) is 5.69 Å². The summed E-state index contributed by atoms with van der Waals surface area (Å²) >= 11 is 0. The van der Waals surface area contributed by atoms with Crippen molar-refractivity contribution in [2.24, 2.45) is 0 Å². The Morgan fingerprint density at radius 3 is 2.48 bits per heavy atom. The van der Waals surface area contributed by atoms with Gasteiger partial charge in [0.15, 0.2) is 11.4 Å². The maximum Gasteiger partial charge on any atom is 0.416 e. The summed E-state index contributed by atoms with van der Waals surface area (Å²) in [5.74, 6) is -0.507. The molecule has 0 unspecified atom stereocenters. The maximum atomic E-state index is 13.0. The molecule has 0 aliphatic rings. The number of carbonyl (C=O) groups is 2. The number of halogens is 3. The molecule has 8 nitrogen and oxygen atoms in total. The zero-order chi connectivity index (χ0) is 24.0. The van der Waals surface area contributed by atoms with Crippen molar-refractivity contribution in [1.29, 1.82) is 0 Å². The first kappa shape index (κ1) is 23.6. The topological polar surface area (TPSA) is 94.5 Å². The summed E-state index contributed by atoms with van der Waals surface area (Å²) in [6, 6.07) is 11.2. The number of anilines is 1. The Bertz CT molecular complexity index is 1130. The number of ether oxygens (including phenoxy) is 2. The van der Waals surface area contributed by atoms with E-state index in [2.05, 4.69) is 15.7 Å². The summed E-state index contributed by atoms with van der Waals surface area (Å²) in [4.78, 5) is 24.7. The molecule has 0 spiro atoms. The van der Waals surface area contributed by atoms with Gasteiger partial charge in [0.25, 0.3) is 5.91 Å². The number of hydrogen-bond acceptors (Lipinski definition) is 5. The number of nitrogens with one attached hydrogen (secondary N) is 2. The number of methoxy groups -OCH3 is 1. The summed E-state index contributed by atoms with van der Waals surface area (Å²) < 4.78 is 50.5. The normalized spacial score (nSPS) is 11.1. The average molecular weight is 462 g/mol. The van der Waals surface area contributed by atoms with Crippen LogP contribution in [0.4, 0.5) is 18.9 Å². The molecule has 0 radical (unpaired) electrons. The monoisotopic (exact) mass is 462 g/mol. The lowest BCUT2D eigenvalue weighted by molar-refractivity contribution is -0.137. The molecule has 33 heavy (non-hydrogen) atoms. The second-order valence-corrected chi connectivity index (χ2v) is 6.73. The molecule has 3 aromatic rings. The molecule has 1 aromatic heterocycles. The number of amides is 2. The van der Waals surface area contributed by atoms with Crippen molar-refractivity contribution in [3.05, 3.63) is 66.0 Å². The van der Waals surface area contributed by atoms with Crippen LogP contribution in [0.5, 0.6) is 11.5 Å². The molecular weight excluding hydrogens is 441 g/mol. The van der Waals surface area contributed by atoms with Gasteiger partial charge in [-0.25, -0.2) is 4.68 Å². The Balaban J connectivity index is 1.66. The first-order valence-electron chi connectivity index (χ1n) is 9.83. The zero-order valence-corrected chi connectivity index (χ0v) is 17.8. The number of aromatic nitrogens is 2. The Morgan fingerprint density at radius 1 is 1.12 bits per heavy atom. The lowest BCUT2D eigenvalue weighted by Gasteiger charge is -2.08. The minimum Gasteiger partial charge on any atom is -0.494 e. The van der Waals surface area contributed by atoms with Crippen molar-refractivity contribution in [3.8, 4) is 17.2 Å². The molecule has 0 atom stereocenters. The Hall–Kier alpha value is -4.02. The highest BCUT2D eigenvalue weighted by Crippen LogP contribution is 2.30. The highest BCUT2D eigenvalue weighted by atomic mass is 19.4. The van der Waals surface area contributed by atoms with Crippen molar-refractivity contribution < 1.29 is 32.2 Å². The minimum atomic E-state index is -4.52. The molecule has 1 heterocycles. The number of benzene rings is 2. The molecule has 174 valence electrons. The highest BCUT2D eigenvalue weighted by Gasteiger charge is 2.30. The molecule has 0 aliphatic heterocycles. The predicted molar refractivity (Wildman–Crippen MR) is 114 cm³/mol. The summed E-state index contributed by atoms with van der Waals surface area (Å²) in [7, 11) is 1.29. The largest absolute Gasteiger partial charge is 0.494 e. The van der Waals surface area contributed by atoms with Gasteiger partial charge in [0.2, 0.25) is 5.91 Å². The molecule has 0 aliphatic carbocycles. The molecule has 11 heteroatoms. The zero-order valence-electron chi connectivity index (χ0n) is 17.8. The van der Waals surface area contributed by atoms with E-state index in [0.717, 1.165) is 16.8 Å². The standard InChI is InChI=1S/C22H21F3N4O4/c1-3-33-17-9-7-15(8-10-17)27-19(30)12-26-21(31)20-18(32-2)13-29(28-20)16-6-4-5-14(11-16)22(23,24)25/h4-11,13H,3,12H2,1-2H3,(H,26,31)(H,27,30). The molecule has 0 saturated carbocycles. The highest BCUT2D eigenvalue weighted by molar-refractivity contribution is 5.99. The van der Waals surface area contributed by atoms with Crippen LogP contribution in [0, 0.1) is 0 Å². The number of carbonyl (C=O) groups excluding carboxylic acids is 2. The van der Waals surface area contributed by atoms with Crippen LogP contribution in [-0.2, 0) is 11.0 Å². The van der Waals surface area contributed by atoms with Gasteiger partial charge in [-0.05, 0) is 49.4 Å². The SMILES string of the molecule is CCOc1ccc(NC(=O)CNC(=O)c2nn(-c3cccc(C(F)(F)F)c3)cc2OC)cc1. The van der Waals surface area contributed by atoms with Gasteiger partial charge in [0.1, 0.15) is 5.75 Å². The number of nitrogens with zero attached hydrogens (tertiary/aromatic N) is 2. The van der Waals surface area contributed by atoms with Crippen LogP contribution >= 0.6 is 0 Å². The van der Waals surface area contributed by atoms with Gasteiger partial charge in [-0.1, -0.05) is 6.07 Å². The summed E-state index contributed by atoms with van der Waals surface area (Å²) in [5.41, 5.74) is -0.422. The van der Waals surface area contributed by atoms with E-state index >= 15 is 0 Å². The quantitative estimate of drug-likeness (QED) is 0.533. The smallest absolute Gasteiger partial charge is 0.416 e. The van der Waals surface area contributed by atoms with Crippen molar-refractivity contribution in [1.82, 2.24) is 15.1 Å². The molecule has 0 saturated heterocycles. The van der Waals surface area contributed by atoms with Gasteiger partial charge in [-0.15, -0.1) is 0 Å². The fourth-order valence-corrected chi connectivity index (χ4v) is 2.87. The number of rotatable bonds is 8. The first-order chi connectivity index (χ1) is 15.7. The van der Waals surface area contributed by atoms with Crippen LogP contribution in [0.15, 0.2) is 54.7 Å². The molecule has 2 amide bonds. The molecule has 3 rings (SSSR count). The van der Waals surface area contributed by atoms with Crippen molar-refractivity contribution in [2.45, 2.75) is 13.1 Å². The summed E-state index contributed by atoms with van der Waals surface area (Å²) in [6.07, 6.45) is -3.24. The summed E-state index contributed by atoms with van der Waals surface area (Å²) in [6.45, 7) is 2.02. The Labute approximate surface area is 187 Å². The van der Waals surface area contributed by atoms with Crippen LogP contribution in [0.1, 0.15) is 23.0 Å². The fourth-order valence-electron chi connectivity index (χ4n) is 2.87. The van der Waals surface area contributed by atoms with E-state index in [4.69, 9.17) is 9.47 Å². The molecule has 2 N–H and O–H groups in total. The third-order valence-corrected chi connectivity index (χ3v) is 4.41. The minimum absolute atomic E-state index is 0.0387. The van der Waals surface area contributed by atoms with E-state index < -0.39 is 23.6 Å². The van der Waals surface area contributed by atoms with Crippen LogP contribution in [0.25, 0.3) is 5.69 Å². The second kappa shape index (κ2) is 10.1. The van der Waals surface area contributed by atoms with Crippen LogP contribution in [-0.4, -0.2) is 41.9 Å². The van der Waals surface area contributed by atoms with E-state index in [1.165, 1.54) is 25.4 Å². The number of alkyl halides is 3. The predicted octanol–water partition coefficient (Wildman–Crippen LogP) is 3.67. The third kappa shape index (κ3) is 6.03. The lowest BCUT2D eigenvalue weighted by Crippen LogP contribution is -2.33. The van der Waals surface area contributed by atoms with Crippen LogP contribution in [0.3, 0.4) is 0 Å². The van der Waals surface area contributed by atoms with E-state index in [0.29, 0.717) is 18.0 Å². The van der Waals surface area contributed by atoms with Crippen LogP contribution < -0.4 is 20.1 Å². The Morgan fingerprint density at radius 2 is 1.85 bits per heavy atom. The van der Waals surface area contributed by atoms with Crippen molar-refractivity contribution >= 4 is 17.5 Å². The molecule has 0 bridgehead atoms. The summed E-state index contributed by atoms with van der Waals surface area (Å²) in [5, 5.41) is 9.07. The third-order valence-electron chi connectivity index (χ3n) is 4.41. The fraction of sp³-hybridized carbons (Fsp3) is 0.227. The molecule has 2 aromatic carbocycles. The molecular formula is C22H21F3N4O4. The van der Waals surface area contributed by atoms with Gasteiger partial charge < -0.3 is 20.1 Å². The average Bonchev–Trinajstić information content (AvgIpc) is 3.23. The van der Waals surface area contributed by atoms with E-state index in [1.54, 1.807) is 24.3 Å².